The van der Waals surface area contributed by atoms with Gasteiger partial charge < -0.3 is 5.32 Å². The van der Waals surface area contributed by atoms with Gasteiger partial charge in [-0.1, -0.05) is 13.0 Å². The van der Waals surface area contributed by atoms with Gasteiger partial charge in [0.05, 0.1) is 5.69 Å². The number of aromatic nitrogens is 1. The highest BCUT2D eigenvalue weighted by Gasteiger charge is 2.26. The molecule has 1 aromatic rings. The molecule has 1 unspecified atom stereocenters. The van der Waals surface area contributed by atoms with E-state index in [1.807, 2.05) is 12.3 Å². The molecule has 0 aliphatic carbocycles. The Kier molecular flexibility index (Phi) is 4.13. The summed E-state index contributed by atoms with van der Waals surface area (Å²) in [5, 5.41) is 3.66. The summed E-state index contributed by atoms with van der Waals surface area (Å²) >= 11 is 0. The van der Waals surface area contributed by atoms with E-state index >= 15 is 0 Å². The van der Waals surface area contributed by atoms with Gasteiger partial charge in [0.25, 0.3) is 0 Å². The van der Waals surface area contributed by atoms with E-state index in [9.17, 15) is 0 Å². The Hall–Kier alpha value is -0.930. The number of nitrogens with one attached hydrogen (secondary N) is 1. The summed E-state index contributed by atoms with van der Waals surface area (Å²) < 4.78 is 0. The number of nitrogens with zero attached hydrogens (tertiary/aromatic N) is 2. The summed E-state index contributed by atoms with van der Waals surface area (Å²) in [7, 11) is 0. The zero-order valence-corrected chi connectivity index (χ0v) is 10.9. The van der Waals surface area contributed by atoms with E-state index in [2.05, 4.69) is 41.2 Å². The van der Waals surface area contributed by atoms with Gasteiger partial charge in [0, 0.05) is 24.8 Å². The van der Waals surface area contributed by atoms with E-state index in [0.29, 0.717) is 0 Å². The molecule has 17 heavy (non-hydrogen) atoms. The van der Waals surface area contributed by atoms with Crippen molar-refractivity contribution >= 4 is 0 Å². The van der Waals surface area contributed by atoms with Crippen LogP contribution < -0.4 is 5.32 Å². The standard InChI is InChI=1S/C14H23N3/c1-3-14(2)12-17(10-6-9-16-14)11-13-7-4-5-8-15-13/h4-5,7-8,16H,3,6,9-12H2,1-2H3. The van der Waals surface area contributed by atoms with Gasteiger partial charge in [-0.05, 0) is 45.0 Å². The molecule has 2 rings (SSSR count). The Bertz CT molecular complexity index is 339. The van der Waals surface area contributed by atoms with Gasteiger partial charge >= 0.3 is 0 Å². The third-order valence-electron chi connectivity index (χ3n) is 3.67. The fourth-order valence-corrected chi connectivity index (χ4v) is 2.41. The van der Waals surface area contributed by atoms with E-state index < -0.39 is 0 Å². The lowest BCUT2D eigenvalue weighted by Crippen LogP contribution is -2.48. The maximum atomic E-state index is 4.41. The van der Waals surface area contributed by atoms with E-state index in [1.54, 1.807) is 0 Å². The molecule has 1 fully saturated rings. The molecule has 2 heterocycles. The van der Waals surface area contributed by atoms with Crippen LogP contribution in [0.3, 0.4) is 0 Å². The van der Waals surface area contributed by atoms with Crippen molar-refractivity contribution in [1.82, 2.24) is 15.2 Å². The third kappa shape index (κ3) is 3.51. The van der Waals surface area contributed by atoms with E-state index in [1.165, 1.54) is 25.1 Å². The van der Waals surface area contributed by atoms with Gasteiger partial charge in [0.2, 0.25) is 0 Å². The molecule has 1 atom stereocenters. The summed E-state index contributed by atoms with van der Waals surface area (Å²) in [5.41, 5.74) is 1.43. The number of hydrogen-bond acceptors (Lipinski definition) is 3. The topological polar surface area (TPSA) is 28.2 Å². The van der Waals surface area contributed by atoms with Gasteiger partial charge in [-0.2, -0.15) is 0 Å². The summed E-state index contributed by atoms with van der Waals surface area (Å²) in [6.07, 6.45) is 4.28. The van der Waals surface area contributed by atoms with E-state index in [-0.39, 0.29) is 5.54 Å². The molecule has 3 nitrogen and oxygen atoms in total. The zero-order valence-electron chi connectivity index (χ0n) is 10.9. The minimum absolute atomic E-state index is 0.255. The molecule has 1 N–H and O–H groups in total. The summed E-state index contributed by atoms with van der Waals surface area (Å²) in [6.45, 7) is 8.96. The summed E-state index contributed by atoms with van der Waals surface area (Å²) in [6, 6.07) is 6.16. The Morgan fingerprint density at radius 1 is 1.47 bits per heavy atom. The van der Waals surface area contributed by atoms with Crippen molar-refractivity contribution in [3.8, 4) is 0 Å². The maximum absolute atomic E-state index is 4.41. The minimum Gasteiger partial charge on any atom is -0.310 e. The van der Waals surface area contributed by atoms with Crippen molar-refractivity contribution in [3.05, 3.63) is 30.1 Å². The maximum Gasteiger partial charge on any atom is 0.0543 e. The number of pyridine rings is 1. The van der Waals surface area contributed by atoms with Crippen molar-refractivity contribution in [3.63, 3.8) is 0 Å². The molecule has 94 valence electrons. The van der Waals surface area contributed by atoms with Crippen LogP contribution in [0.5, 0.6) is 0 Å². The SMILES string of the molecule is CCC1(C)CN(Cc2ccccn2)CCCN1. The van der Waals surface area contributed by atoms with Crippen molar-refractivity contribution in [2.75, 3.05) is 19.6 Å². The number of rotatable bonds is 3. The first kappa shape index (κ1) is 12.5. The van der Waals surface area contributed by atoms with Crippen LogP contribution in [0.15, 0.2) is 24.4 Å². The Labute approximate surface area is 104 Å². The van der Waals surface area contributed by atoms with Gasteiger partial charge in [0.1, 0.15) is 0 Å². The van der Waals surface area contributed by atoms with Crippen molar-refractivity contribution in [1.29, 1.82) is 0 Å². The van der Waals surface area contributed by atoms with Crippen molar-refractivity contribution < 1.29 is 0 Å². The average Bonchev–Trinajstić information content (AvgIpc) is 2.53. The molecule has 0 amide bonds. The monoisotopic (exact) mass is 233 g/mol. The minimum atomic E-state index is 0.255. The molecular formula is C14H23N3. The summed E-state index contributed by atoms with van der Waals surface area (Å²) in [5.74, 6) is 0. The van der Waals surface area contributed by atoms with Crippen LogP contribution in [0.25, 0.3) is 0 Å². The van der Waals surface area contributed by atoms with Crippen molar-refractivity contribution in [2.24, 2.45) is 0 Å². The lowest BCUT2D eigenvalue weighted by Gasteiger charge is -2.32. The molecule has 0 radical (unpaired) electrons. The molecule has 1 aliphatic rings. The predicted octanol–water partition coefficient (Wildman–Crippen LogP) is 2.05. The van der Waals surface area contributed by atoms with Crippen LogP contribution in [-0.4, -0.2) is 35.1 Å². The highest BCUT2D eigenvalue weighted by Crippen LogP contribution is 2.16. The molecular weight excluding hydrogens is 210 g/mol. The fourth-order valence-electron chi connectivity index (χ4n) is 2.41. The molecule has 3 heteroatoms. The highest BCUT2D eigenvalue weighted by atomic mass is 15.2. The molecule has 0 aromatic carbocycles. The van der Waals surface area contributed by atoms with E-state index in [0.717, 1.165) is 19.6 Å². The van der Waals surface area contributed by atoms with Gasteiger partial charge in [-0.25, -0.2) is 0 Å². The average molecular weight is 233 g/mol. The van der Waals surface area contributed by atoms with Gasteiger partial charge in [-0.15, -0.1) is 0 Å². The fraction of sp³-hybridized carbons (Fsp3) is 0.643. The van der Waals surface area contributed by atoms with Gasteiger partial charge in [-0.3, -0.25) is 9.88 Å². The first-order valence-electron chi connectivity index (χ1n) is 6.59. The first-order valence-corrected chi connectivity index (χ1v) is 6.59. The van der Waals surface area contributed by atoms with Crippen LogP contribution in [0.4, 0.5) is 0 Å². The van der Waals surface area contributed by atoms with E-state index in [4.69, 9.17) is 0 Å². The predicted molar refractivity (Wildman–Crippen MR) is 70.8 cm³/mol. The Balaban J connectivity index is 2.00. The Morgan fingerprint density at radius 3 is 3.06 bits per heavy atom. The summed E-state index contributed by atoms with van der Waals surface area (Å²) in [4.78, 5) is 6.93. The molecule has 1 aliphatic heterocycles. The third-order valence-corrected chi connectivity index (χ3v) is 3.67. The largest absolute Gasteiger partial charge is 0.310 e. The van der Waals surface area contributed by atoms with Crippen LogP contribution in [0, 0.1) is 0 Å². The quantitative estimate of drug-likeness (QED) is 0.866. The molecule has 0 spiro atoms. The lowest BCUT2D eigenvalue weighted by atomic mass is 9.98. The normalized spacial score (nSPS) is 26.7. The van der Waals surface area contributed by atoms with Crippen LogP contribution in [0.1, 0.15) is 32.4 Å². The molecule has 1 saturated heterocycles. The smallest absolute Gasteiger partial charge is 0.0543 e. The molecule has 0 saturated carbocycles. The number of hydrogen-bond donors (Lipinski definition) is 1. The second kappa shape index (κ2) is 5.61. The van der Waals surface area contributed by atoms with Crippen molar-refractivity contribution in [2.45, 2.75) is 38.8 Å². The Morgan fingerprint density at radius 2 is 2.35 bits per heavy atom. The van der Waals surface area contributed by atoms with Gasteiger partial charge in [0.15, 0.2) is 0 Å². The van der Waals surface area contributed by atoms with Crippen LogP contribution >= 0.6 is 0 Å². The second-order valence-electron chi connectivity index (χ2n) is 5.23. The molecule has 0 bridgehead atoms. The van der Waals surface area contributed by atoms with Crippen LogP contribution in [-0.2, 0) is 6.54 Å². The highest BCUT2D eigenvalue weighted by molar-refractivity contribution is 5.04. The first-order chi connectivity index (χ1) is 8.22. The molecule has 1 aromatic heterocycles. The second-order valence-corrected chi connectivity index (χ2v) is 5.23. The lowest BCUT2D eigenvalue weighted by molar-refractivity contribution is 0.206. The zero-order chi connectivity index (χ0) is 12.1. The van der Waals surface area contributed by atoms with Crippen LogP contribution in [0.2, 0.25) is 0 Å².